The van der Waals surface area contributed by atoms with Crippen molar-refractivity contribution in [3.8, 4) is 0 Å². The summed E-state index contributed by atoms with van der Waals surface area (Å²) in [6, 6.07) is 17.1. The number of anilines is 1. The molecule has 124 valence electrons. The third-order valence-corrected chi connectivity index (χ3v) is 4.36. The smallest absolute Gasteiger partial charge is 0.227 e. The van der Waals surface area contributed by atoms with Gasteiger partial charge in [-0.1, -0.05) is 38.0 Å². The van der Waals surface area contributed by atoms with Crippen LogP contribution >= 0.6 is 0 Å². The first-order valence-corrected chi connectivity index (χ1v) is 8.64. The van der Waals surface area contributed by atoms with Crippen LogP contribution in [-0.4, -0.2) is 5.91 Å². The van der Waals surface area contributed by atoms with E-state index in [0.717, 1.165) is 23.5 Å². The Morgan fingerprint density at radius 3 is 2.38 bits per heavy atom. The standard InChI is InChI=1S/C20H23N3O/c1-2-3-7-15-14-19(15)20(24)21-16-10-12-18(13-11-16)23-22-17-8-5-4-6-9-17/h4-6,8-13,15,19H,2-3,7,14H2,1H3,(H,21,24)/t15-,19+/m0/s1. The average Bonchev–Trinajstić information content (AvgIpc) is 3.40. The quantitative estimate of drug-likeness (QED) is 0.637. The van der Waals surface area contributed by atoms with E-state index in [1.807, 2.05) is 54.6 Å². The molecule has 2 aromatic carbocycles. The Kier molecular flexibility index (Phi) is 5.36. The number of carbonyl (C=O) groups is 1. The van der Waals surface area contributed by atoms with Gasteiger partial charge < -0.3 is 5.32 Å². The van der Waals surface area contributed by atoms with E-state index in [1.54, 1.807) is 0 Å². The first-order chi connectivity index (χ1) is 11.8. The van der Waals surface area contributed by atoms with Crippen LogP contribution in [0.25, 0.3) is 0 Å². The summed E-state index contributed by atoms with van der Waals surface area (Å²) in [5, 5.41) is 11.4. The van der Waals surface area contributed by atoms with E-state index in [0.29, 0.717) is 5.92 Å². The van der Waals surface area contributed by atoms with Gasteiger partial charge in [-0.05, 0) is 55.2 Å². The third kappa shape index (κ3) is 4.51. The molecule has 24 heavy (non-hydrogen) atoms. The lowest BCUT2D eigenvalue weighted by atomic mass is 10.1. The summed E-state index contributed by atoms with van der Waals surface area (Å²) >= 11 is 0. The molecule has 1 N–H and O–H groups in total. The van der Waals surface area contributed by atoms with Crippen LogP contribution in [0.4, 0.5) is 17.1 Å². The van der Waals surface area contributed by atoms with Crippen LogP contribution in [0.1, 0.15) is 32.6 Å². The molecule has 1 aliphatic rings. The van der Waals surface area contributed by atoms with Crippen molar-refractivity contribution in [2.24, 2.45) is 22.1 Å². The molecule has 0 saturated heterocycles. The monoisotopic (exact) mass is 321 g/mol. The van der Waals surface area contributed by atoms with E-state index in [1.165, 1.54) is 19.3 Å². The van der Waals surface area contributed by atoms with E-state index in [4.69, 9.17) is 0 Å². The summed E-state index contributed by atoms with van der Waals surface area (Å²) in [7, 11) is 0. The summed E-state index contributed by atoms with van der Waals surface area (Å²) in [4.78, 5) is 12.2. The van der Waals surface area contributed by atoms with Gasteiger partial charge in [0.25, 0.3) is 0 Å². The highest BCUT2D eigenvalue weighted by molar-refractivity contribution is 5.94. The molecule has 0 aliphatic heterocycles. The van der Waals surface area contributed by atoms with Gasteiger partial charge in [0.2, 0.25) is 5.91 Å². The highest BCUT2D eigenvalue weighted by Crippen LogP contribution is 2.43. The molecule has 1 aliphatic carbocycles. The van der Waals surface area contributed by atoms with Gasteiger partial charge in [0.05, 0.1) is 11.4 Å². The second-order valence-electron chi connectivity index (χ2n) is 6.32. The van der Waals surface area contributed by atoms with Crippen molar-refractivity contribution in [3.05, 3.63) is 54.6 Å². The number of carbonyl (C=O) groups excluding carboxylic acids is 1. The minimum absolute atomic E-state index is 0.148. The van der Waals surface area contributed by atoms with Crippen molar-refractivity contribution in [1.82, 2.24) is 0 Å². The van der Waals surface area contributed by atoms with Crippen LogP contribution in [0, 0.1) is 11.8 Å². The minimum Gasteiger partial charge on any atom is -0.326 e. The Labute approximate surface area is 143 Å². The maximum atomic E-state index is 12.2. The molecule has 0 aromatic heterocycles. The van der Waals surface area contributed by atoms with Gasteiger partial charge >= 0.3 is 0 Å². The predicted octanol–water partition coefficient (Wildman–Crippen LogP) is 5.87. The molecule has 0 radical (unpaired) electrons. The van der Waals surface area contributed by atoms with Crippen molar-refractivity contribution in [3.63, 3.8) is 0 Å². The Bertz CT molecular complexity index is 695. The van der Waals surface area contributed by atoms with Crippen molar-refractivity contribution in [2.75, 3.05) is 5.32 Å². The number of unbranched alkanes of at least 4 members (excludes halogenated alkanes) is 1. The van der Waals surface area contributed by atoms with Gasteiger partial charge in [0.1, 0.15) is 0 Å². The Morgan fingerprint density at radius 1 is 1.04 bits per heavy atom. The highest BCUT2D eigenvalue weighted by Gasteiger charge is 2.41. The number of hydrogen-bond donors (Lipinski definition) is 1. The van der Waals surface area contributed by atoms with Crippen molar-refractivity contribution >= 4 is 23.0 Å². The third-order valence-electron chi connectivity index (χ3n) is 4.36. The van der Waals surface area contributed by atoms with Crippen LogP contribution in [0.3, 0.4) is 0 Å². The lowest BCUT2D eigenvalue weighted by Crippen LogP contribution is -2.14. The zero-order valence-electron chi connectivity index (χ0n) is 14.0. The largest absolute Gasteiger partial charge is 0.326 e. The number of benzene rings is 2. The first kappa shape index (κ1) is 16.4. The molecule has 1 fully saturated rings. The fourth-order valence-electron chi connectivity index (χ4n) is 2.81. The van der Waals surface area contributed by atoms with Crippen LogP contribution in [0.2, 0.25) is 0 Å². The molecule has 4 heteroatoms. The van der Waals surface area contributed by atoms with Gasteiger partial charge in [-0.25, -0.2) is 0 Å². The molecule has 0 spiro atoms. The lowest BCUT2D eigenvalue weighted by molar-refractivity contribution is -0.117. The zero-order valence-corrected chi connectivity index (χ0v) is 14.0. The Morgan fingerprint density at radius 2 is 1.71 bits per heavy atom. The van der Waals surface area contributed by atoms with E-state index < -0.39 is 0 Å². The molecule has 0 bridgehead atoms. The zero-order chi connectivity index (χ0) is 16.8. The summed E-state index contributed by atoms with van der Waals surface area (Å²) in [5.74, 6) is 0.938. The van der Waals surface area contributed by atoms with Gasteiger partial charge in [-0.2, -0.15) is 10.2 Å². The first-order valence-electron chi connectivity index (χ1n) is 8.64. The van der Waals surface area contributed by atoms with Gasteiger partial charge in [-0.15, -0.1) is 0 Å². The second-order valence-corrected chi connectivity index (χ2v) is 6.32. The molecular formula is C20H23N3O. The SMILES string of the molecule is CCCC[C@H]1C[C@H]1C(=O)Nc1ccc(N=Nc2ccccc2)cc1. The maximum Gasteiger partial charge on any atom is 0.227 e. The summed E-state index contributed by atoms with van der Waals surface area (Å²) in [6.45, 7) is 2.19. The molecule has 1 saturated carbocycles. The molecule has 0 unspecified atom stereocenters. The van der Waals surface area contributed by atoms with Crippen LogP contribution in [0.5, 0.6) is 0 Å². The fourth-order valence-corrected chi connectivity index (χ4v) is 2.81. The van der Waals surface area contributed by atoms with Crippen LogP contribution in [0.15, 0.2) is 64.8 Å². The Balaban J connectivity index is 1.52. The van der Waals surface area contributed by atoms with Crippen LogP contribution in [-0.2, 0) is 4.79 Å². The number of nitrogens with zero attached hydrogens (tertiary/aromatic N) is 2. The molecule has 0 heterocycles. The van der Waals surface area contributed by atoms with E-state index >= 15 is 0 Å². The molecule has 1 amide bonds. The second kappa shape index (κ2) is 7.86. The topological polar surface area (TPSA) is 53.8 Å². The molecule has 2 atom stereocenters. The number of amides is 1. The fraction of sp³-hybridized carbons (Fsp3) is 0.350. The van der Waals surface area contributed by atoms with Crippen LogP contribution < -0.4 is 5.32 Å². The van der Waals surface area contributed by atoms with E-state index in [2.05, 4.69) is 22.5 Å². The summed E-state index contributed by atoms with van der Waals surface area (Å²) < 4.78 is 0. The number of rotatable bonds is 7. The molecular weight excluding hydrogens is 298 g/mol. The van der Waals surface area contributed by atoms with Gasteiger partial charge in [0, 0.05) is 11.6 Å². The van der Waals surface area contributed by atoms with Gasteiger partial charge in [-0.3, -0.25) is 4.79 Å². The van der Waals surface area contributed by atoms with E-state index in [-0.39, 0.29) is 11.8 Å². The highest BCUT2D eigenvalue weighted by atomic mass is 16.2. The van der Waals surface area contributed by atoms with E-state index in [9.17, 15) is 4.79 Å². The number of azo groups is 1. The number of nitrogens with one attached hydrogen (secondary N) is 1. The predicted molar refractivity (Wildman–Crippen MR) is 96.8 cm³/mol. The van der Waals surface area contributed by atoms with Crippen molar-refractivity contribution in [2.45, 2.75) is 32.6 Å². The Hall–Kier alpha value is -2.49. The maximum absolute atomic E-state index is 12.2. The average molecular weight is 321 g/mol. The summed E-state index contributed by atoms with van der Waals surface area (Å²) in [6.07, 6.45) is 4.63. The molecule has 2 aromatic rings. The lowest BCUT2D eigenvalue weighted by Gasteiger charge is -2.05. The summed E-state index contributed by atoms with van der Waals surface area (Å²) in [5.41, 5.74) is 2.41. The van der Waals surface area contributed by atoms with Gasteiger partial charge in [0.15, 0.2) is 0 Å². The molecule has 3 rings (SSSR count). The van der Waals surface area contributed by atoms with Crippen molar-refractivity contribution < 1.29 is 4.79 Å². The van der Waals surface area contributed by atoms with Crippen molar-refractivity contribution in [1.29, 1.82) is 0 Å². The minimum atomic E-state index is 0.148. The molecule has 4 nitrogen and oxygen atoms in total. The normalized spacial score (nSPS) is 19.4. The number of hydrogen-bond acceptors (Lipinski definition) is 3.